The van der Waals surface area contributed by atoms with Gasteiger partial charge in [0, 0.05) is 0 Å². The van der Waals surface area contributed by atoms with Crippen LogP contribution in [0.3, 0.4) is 0 Å². The topological polar surface area (TPSA) is 63.7 Å². The van der Waals surface area contributed by atoms with Gasteiger partial charge in [0.25, 0.3) is 0 Å². The van der Waals surface area contributed by atoms with Gasteiger partial charge in [0.15, 0.2) is 0 Å². The molecule has 0 radical (unpaired) electrons. The van der Waals surface area contributed by atoms with Crippen molar-refractivity contribution in [1.29, 1.82) is 0 Å². The molecule has 0 bridgehead atoms. The molecule has 2 atom stereocenters. The van der Waals surface area contributed by atoms with Gasteiger partial charge in [0.2, 0.25) is 11.8 Å². The van der Waals surface area contributed by atoms with Crippen molar-refractivity contribution in [3.63, 3.8) is 0 Å². The van der Waals surface area contributed by atoms with Crippen LogP contribution < -0.4 is 9.64 Å². The molecule has 2 unspecified atom stereocenters. The van der Waals surface area contributed by atoms with Crippen molar-refractivity contribution in [2.75, 3.05) is 4.90 Å². The number of amides is 2. The number of allylic oxidation sites excluding steroid dienone is 2. The molecule has 0 spiro atoms. The third kappa shape index (κ3) is 3.67. The summed E-state index contributed by atoms with van der Waals surface area (Å²) in [6, 6.07) is 13.9. The summed E-state index contributed by atoms with van der Waals surface area (Å²) in [6.45, 7) is 6.37. The smallest absolute Gasteiger partial charge is 0.343 e. The lowest BCUT2D eigenvalue weighted by atomic mass is 9.85. The van der Waals surface area contributed by atoms with Crippen LogP contribution in [0.25, 0.3) is 0 Å². The van der Waals surface area contributed by atoms with Crippen molar-refractivity contribution < 1.29 is 19.1 Å². The molecule has 2 aromatic rings. The molecule has 4 rings (SSSR count). The van der Waals surface area contributed by atoms with E-state index in [-0.39, 0.29) is 29.1 Å². The third-order valence-corrected chi connectivity index (χ3v) is 5.80. The Morgan fingerprint density at radius 2 is 1.40 bits per heavy atom. The van der Waals surface area contributed by atoms with Crippen molar-refractivity contribution in [1.82, 2.24) is 0 Å². The van der Waals surface area contributed by atoms with Gasteiger partial charge in [-0.3, -0.25) is 14.5 Å². The van der Waals surface area contributed by atoms with Gasteiger partial charge in [-0.25, -0.2) is 4.79 Å². The Kier molecular flexibility index (Phi) is 5.06. The Hall–Kier alpha value is -3.21. The van der Waals surface area contributed by atoms with Crippen molar-refractivity contribution in [3.05, 3.63) is 71.8 Å². The van der Waals surface area contributed by atoms with Crippen LogP contribution in [-0.4, -0.2) is 17.8 Å². The predicted octanol–water partition coefficient (Wildman–Crippen LogP) is 4.66. The molecule has 154 valence electrons. The van der Waals surface area contributed by atoms with Gasteiger partial charge < -0.3 is 4.74 Å². The van der Waals surface area contributed by atoms with E-state index in [1.807, 2.05) is 24.3 Å². The van der Waals surface area contributed by atoms with Crippen LogP contribution in [0.5, 0.6) is 5.75 Å². The summed E-state index contributed by atoms with van der Waals surface area (Å²) in [5, 5.41) is 0. The average Bonchev–Trinajstić information content (AvgIpc) is 2.98. The van der Waals surface area contributed by atoms with Gasteiger partial charge in [-0.1, -0.05) is 45.1 Å². The maximum atomic E-state index is 12.7. The first kappa shape index (κ1) is 20.1. The Labute approximate surface area is 176 Å². The van der Waals surface area contributed by atoms with Crippen LogP contribution in [0.1, 0.15) is 49.5 Å². The van der Waals surface area contributed by atoms with E-state index >= 15 is 0 Å². The molecule has 30 heavy (non-hydrogen) atoms. The second-order valence-corrected chi connectivity index (χ2v) is 8.88. The summed E-state index contributed by atoms with van der Waals surface area (Å²) in [6.07, 6.45) is 5.13. The SMILES string of the molecule is CC(C)(C)c1ccc(OC(=O)c2ccc(N3C(=O)C4CC=CCC4C3=O)cc2)cc1. The van der Waals surface area contributed by atoms with Gasteiger partial charge >= 0.3 is 5.97 Å². The predicted molar refractivity (Wildman–Crippen MR) is 114 cm³/mol. The van der Waals surface area contributed by atoms with E-state index in [1.54, 1.807) is 36.4 Å². The fourth-order valence-electron chi connectivity index (χ4n) is 3.99. The number of carbonyl (C=O) groups is 3. The number of benzene rings is 2. The molecule has 5 nitrogen and oxygen atoms in total. The van der Waals surface area contributed by atoms with E-state index in [0.29, 0.717) is 29.8 Å². The number of rotatable bonds is 3. The molecular weight excluding hydrogens is 378 g/mol. The second-order valence-electron chi connectivity index (χ2n) is 8.88. The van der Waals surface area contributed by atoms with Crippen molar-refractivity contribution in [2.24, 2.45) is 11.8 Å². The van der Waals surface area contributed by atoms with E-state index in [0.717, 1.165) is 5.56 Å². The van der Waals surface area contributed by atoms with Crippen molar-refractivity contribution >= 4 is 23.5 Å². The average molecular weight is 403 g/mol. The molecule has 1 saturated heterocycles. The van der Waals surface area contributed by atoms with E-state index < -0.39 is 5.97 Å². The summed E-state index contributed by atoms with van der Waals surface area (Å²) in [5.74, 6) is -0.890. The molecule has 2 amide bonds. The fraction of sp³-hybridized carbons (Fsp3) is 0.320. The third-order valence-electron chi connectivity index (χ3n) is 5.80. The lowest BCUT2D eigenvalue weighted by molar-refractivity contribution is -0.122. The molecule has 0 saturated carbocycles. The van der Waals surface area contributed by atoms with Crippen molar-refractivity contribution in [3.8, 4) is 5.75 Å². The highest BCUT2D eigenvalue weighted by atomic mass is 16.5. The zero-order chi connectivity index (χ0) is 21.5. The maximum absolute atomic E-state index is 12.7. The largest absolute Gasteiger partial charge is 0.423 e. The zero-order valence-corrected chi connectivity index (χ0v) is 17.4. The summed E-state index contributed by atoms with van der Waals surface area (Å²) in [4.78, 5) is 39.1. The molecule has 0 N–H and O–H groups in total. The molecule has 1 fully saturated rings. The van der Waals surface area contributed by atoms with E-state index in [4.69, 9.17) is 4.74 Å². The molecule has 2 aromatic carbocycles. The highest BCUT2D eigenvalue weighted by molar-refractivity contribution is 6.22. The monoisotopic (exact) mass is 403 g/mol. The summed E-state index contributed by atoms with van der Waals surface area (Å²) < 4.78 is 5.46. The number of hydrogen-bond acceptors (Lipinski definition) is 4. The van der Waals surface area contributed by atoms with E-state index in [9.17, 15) is 14.4 Å². The van der Waals surface area contributed by atoms with Crippen LogP contribution in [0, 0.1) is 11.8 Å². The first-order valence-corrected chi connectivity index (χ1v) is 10.2. The Bertz CT molecular complexity index is 987. The maximum Gasteiger partial charge on any atom is 0.343 e. The molecule has 1 aliphatic heterocycles. The molecular formula is C25H25NO4. The normalized spacial score (nSPS) is 21.0. The van der Waals surface area contributed by atoms with E-state index in [2.05, 4.69) is 20.8 Å². The summed E-state index contributed by atoms with van der Waals surface area (Å²) in [5.41, 5.74) is 2.03. The molecule has 1 heterocycles. The lowest BCUT2D eigenvalue weighted by Gasteiger charge is -2.19. The number of carbonyl (C=O) groups excluding carboxylic acids is 3. The summed E-state index contributed by atoms with van der Waals surface area (Å²) in [7, 11) is 0. The highest BCUT2D eigenvalue weighted by Gasteiger charge is 2.47. The lowest BCUT2D eigenvalue weighted by Crippen LogP contribution is -2.30. The number of nitrogens with zero attached hydrogens (tertiary/aromatic N) is 1. The fourth-order valence-corrected chi connectivity index (χ4v) is 3.99. The highest BCUT2D eigenvalue weighted by Crippen LogP contribution is 2.37. The van der Waals surface area contributed by atoms with Gasteiger partial charge in [-0.05, 0) is 60.2 Å². The number of ether oxygens (including phenoxy) is 1. The first-order valence-electron chi connectivity index (χ1n) is 10.2. The van der Waals surface area contributed by atoms with Crippen LogP contribution in [0.15, 0.2) is 60.7 Å². The minimum atomic E-state index is -0.484. The Morgan fingerprint density at radius 1 is 0.867 bits per heavy atom. The van der Waals surface area contributed by atoms with Crippen molar-refractivity contribution in [2.45, 2.75) is 39.0 Å². The number of esters is 1. The van der Waals surface area contributed by atoms with Crippen LogP contribution in [0.4, 0.5) is 5.69 Å². The number of imide groups is 1. The molecule has 5 heteroatoms. The minimum absolute atomic E-state index is 0.0242. The number of anilines is 1. The Balaban J connectivity index is 1.46. The van der Waals surface area contributed by atoms with Crippen LogP contribution >= 0.6 is 0 Å². The quantitative estimate of drug-likeness (QED) is 0.324. The van der Waals surface area contributed by atoms with Gasteiger partial charge in [0.1, 0.15) is 5.75 Å². The van der Waals surface area contributed by atoms with Crippen LogP contribution in [0.2, 0.25) is 0 Å². The minimum Gasteiger partial charge on any atom is -0.423 e. The standard InChI is InChI=1S/C25H25NO4/c1-25(2,3)17-10-14-19(15-11-17)30-24(29)16-8-12-18(13-9-16)26-22(27)20-6-4-5-7-21(20)23(26)28/h4-5,8-15,20-21H,6-7H2,1-3H3. The van der Waals surface area contributed by atoms with E-state index in [1.165, 1.54) is 4.90 Å². The number of hydrogen-bond donors (Lipinski definition) is 0. The van der Waals surface area contributed by atoms with Crippen LogP contribution in [-0.2, 0) is 15.0 Å². The molecule has 1 aliphatic carbocycles. The summed E-state index contributed by atoms with van der Waals surface area (Å²) >= 11 is 0. The van der Waals surface area contributed by atoms with Gasteiger partial charge in [-0.2, -0.15) is 0 Å². The Morgan fingerprint density at radius 3 is 1.90 bits per heavy atom. The van der Waals surface area contributed by atoms with Gasteiger partial charge in [-0.15, -0.1) is 0 Å². The number of fused-ring (bicyclic) bond motifs is 1. The first-order chi connectivity index (χ1) is 14.3. The second kappa shape index (κ2) is 7.56. The molecule has 0 aromatic heterocycles. The zero-order valence-electron chi connectivity index (χ0n) is 17.4. The van der Waals surface area contributed by atoms with Gasteiger partial charge in [0.05, 0.1) is 23.1 Å². The molecule has 2 aliphatic rings.